The molecular weight excluding hydrogens is 334 g/mol. The van der Waals surface area contributed by atoms with Crippen LogP contribution in [0, 0.1) is 6.92 Å². The molecule has 0 fully saturated rings. The summed E-state index contributed by atoms with van der Waals surface area (Å²) in [4.78, 5) is 11.8. The lowest BCUT2D eigenvalue weighted by atomic mass is 9.92. The molecule has 0 saturated heterocycles. The van der Waals surface area contributed by atoms with Gasteiger partial charge >= 0.3 is 0 Å². The van der Waals surface area contributed by atoms with Gasteiger partial charge in [0.05, 0.1) is 10.6 Å². The zero-order valence-electron chi connectivity index (χ0n) is 14.6. The highest BCUT2D eigenvalue weighted by molar-refractivity contribution is 7.92. The number of benzene rings is 2. The number of hydrogen-bond acceptors (Lipinski definition) is 3. The van der Waals surface area contributed by atoms with Gasteiger partial charge in [-0.15, -0.1) is 0 Å². The summed E-state index contributed by atoms with van der Waals surface area (Å²) in [5, 5.41) is 0. The molecule has 0 aliphatic carbocycles. The Hall–Kier alpha value is -2.14. The van der Waals surface area contributed by atoms with Crippen molar-refractivity contribution in [2.24, 2.45) is 0 Å². The van der Waals surface area contributed by atoms with Crippen molar-refractivity contribution in [3.05, 3.63) is 59.2 Å². The molecule has 4 nitrogen and oxygen atoms in total. The summed E-state index contributed by atoms with van der Waals surface area (Å²) in [5.41, 5.74) is 3.14. The molecule has 5 heteroatoms. The predicted molar refractivity (Wildman–Crippen MR) is 99.8 cm³/mol. The zero-order valence-corrected chi connectivity index (χ0v) is 15.4. The van der Waals surface area contributed by atoms with E-state index in [1.54, 1.807) is 42.5 Å². The number of sulfonamides is 1. The number of rotatable bonds is 6. The van der Waals surface area contributed by atoms with Gasteiger partial charge in [-0.2, -0.15) is 0 Å². The molecule has 0 bridgehead atoms. The summed E-state index contributed by atoms with van der Waals surface area (Å²) < 4.78 is 27.8. The van der Waals surface area contributed by atoms with Gasteiger partial charge in [-0.25, -0.2) is 8.42 Å². The third-order valence-corrected chi connectivity index (χ3v) is 6.62. The summed E-state index contributed by atoms with van der Waals surface area (Å²) in [6.45, 7) is 4.44. The van der Waals surface area contributed by atoms with Crippen LogP contribution in [0.3, 0.4) is 0 Å². The second-order valence-corrected chi connectivity index (χ2v) is 8.45. The van der Waals surface area contributed by atoms with Crippen molar-refractivity contribution in [2.45, 2.75) is 43.9 Å². The average molecular weight is 357 g/mol. The maximum Gasteiger partial charge on any atom is 0.264 e. The molecule has 1 aliphatic rings. The van der Waals surface area contributed by atoms with E-state index >= 15 is 0 Å². The molecule has 0 spiro atoms. The van der Waals surface area contributed by atoms with Crippen LogP contribution in [0.15, 0.2) is 47.4 Å². The van der Waals surface area contributed by atoms with Gasteiger partial charge in [0.2, 0.25) is 0 Å². The third-order valence-electron chi connectivity index (χ3n) is 4.82. The summed E-state index contributed by atoms with van der Waals surface area (Å²) in [6.07, 6.45) is 3.77. The first-order valence-corrected chi connectivity index (χ1v) is 10.1. The molecule has 0 amide bonds. The van der Waals surface area contributed by atoms with Crippen molar-refractivity contribution >= 4 is 22.0 Å². The lowest BCUT2D eigenvalue weighted by molar-refractivity contribution is 0.112. The SMILES string of the molecule is CCCC[C@H]1CN(S(=O)(=O)c2ccc(C)cc2)c2cccc(C=O)c21. The minimum absolute atomic E-state index is 0.0663. The quantitative estimate of drug-likeness (QED) is 0.725. The van der Waals surface area contributed by atoms with Crippen molar-refractivity contribution in [3.63, 3.8) is 0 Å². The highest BCUT2D eigenvalue weighted by Crippen LogP contribution is 2.43. The summed E-state index contributed by atoms with van der Waals surface area (Å²) in [6, 6.07) is 12.2. The van der Waals surface area contributed by atoms with Gasteiger partial charge in [0.25, 0.3) is 10.0 Å². The first kappa shape index (κ1) is 17.7. The Bertz CT molecular complexity index is 872. The summed E-state index contributed by atoms with van der Waals surface area (Å²) in [5.74, 6) is 0.0663. The molecule has 132 valence electrons. The monoisotopic (exact) mass is 357 g/mol. The Balaban J connectivity index is 2.07. The van der Waals surface area contributed by atoms with Crippen LogP contribution in [0.25, 0.3) is 0 Å². The van der Waals surface area contributed by atoms with Gasteiger partial charge < -0.3 is 0 Å². The average Bonchev–Trinajstić information content (AvgIpc) is 3.00. The van der Waals surface area contributed by atoms with Gasteiger partial charge in [0.15, 0.2) is 0 Å². The van der Waals surface area contributed by atoms with Crippen molar-refractivity contribution in [1.82, 2.24) is 0 Å². The molecular formula is C20H23NO3S. The van der Waals surface area contributed by atoms with E-state index in [0.717, 1.165) is 36.7 Å². The number of nitrogens with zero attached hydrogens (tertiary/aromatic N) is 1. The van der Waals surface area contributed by atoms with Crippen LogP contribution in [-0.4, -0.2) is 21.2 Å². The summed E-state index contributed by atoms with van der Waals surface area (Å²) in [7, 11) is -3.63. The maximum atomic E-state index is 13.2. The fourth-order valence-electron chi connectivity index (χ4n) is 3.48. The van der Waals surface area contributed by atoms with Gasteiger partial charge in [-0.1, -0.05) is 49.6 Å². The lowest BCUT2D eigenvalue weighted by Crippen LogP contribution is -2.30. The molecule has 2 aromatic carbocycles. The highest BCUT2D eigenvalue weighted by Gasteiger charge is 2.37. The molecule has 1 atom stereocenters. The van der Waals surface area contributed by atoms with Gasteiger partial charge in [0, 0.05) is 18.0 Å². The summed E-state index contributed by atoms with van der Waals surface area (Å²) >= 11 is 0. The number of anilines is 1. The zero-order chi connectivity index (χ0) is 18.0. The molecule has 1 heterocycles. The largest absolute Gasteiger partial charge is 0.298 e. The van der Waals surface area contributed by atoms with Crippen molar-refractivity contribution in [3.8, 4) is 0 Å². The maximum absolute atomic E-state index is 13.2. The fraction of sp³-hybridized carbons (Fsp3) is 0.350. The van der Waals surface area contributed by atoms with Crippen LogP contribution in [-0.2, 0) is 10.0 Å². The van der Waals surface area contributed by atoms with Gasteiger partial charge in [0.1, 0.15) is 6.29 Å². The molecule has 2 aromatic rings. The second kappa shape index (κ2) is 7.00. The minimum Gasteiger partial charge on any atom is -0.298 e. The Morgan fingerprint density at radius 3 is 2.52 bits per heavy atom. The molecule has 25 heavy (non-hydrogen) atoms. The van der Waals surface area contributed by atoms with Crippen molar-refractivity contribution in [1.29, 1.82) is 0 Å². The number of fused-ring (bicyclic) bond motifs is 1. The van der Waals surface area contributed by atoms with E-state index in [1.807, 2.05) is 6.92 Å². The Morgan fingerprint density at radius 1 is 1.16 bits per heavy atom. The highest BCUT2D eigenvalue weighted by atomic mass is 32.2. The number of unbranched alkanes of at least 4 members (excludes halogenated alkanes) is 1. The van der Waals surface area contributed by atoms with Crippen LogP contribution in [0.2, 0.25) is 0 Å². The molecule has 0 saturated carbocycles. The molecule has 0 aromatic heterocycles. The van der Waals surface area contributed by atoms with E-state index < -0.39 is 10.0 Å². The number of carbonyl (C=O) groups excluding carboxylic acids is 1. The van der Waals surface area contributed by atoms with E-state index in [4.69, 9.17) is 0 Å². The van der Waals surface area contributed by atoms with Crippen molar-refractivity contribution < 1.29 is 13.2 Å². The van der Waals surface area contributed by atoms with E-state index in [-0.39, 0.29) is 10.8 Å². The normalized spacial score (nSPS) is 16.7. The van der Waals surface area contributed by atoms with Crippen LogP contribution in [0.5, 0.6) is 0 Å². The smallest absolute Gasteiger partial charge is 0.264 e. The molecule has 0 N–H and O–H groups in total. The molecule has 0 unspecified atom stereocenters. The van der Waals surface area contributed by atoms with Crippen LogP contribution < -0.4 is 4.31 Å². The Kier molecular flexibility index (Phi) is 4.95. The van der Waals surface area contributed by atoms with Crippen LogP contribution in [0.1, 0.15) is 53.6 Å². The topological polar surface area (TPSA) is 54.5 Å². The van der Waals surface area contributed by atoms with Crippen molar-refractivity contribution in [2.75, 3.05) is 10.8 Å². The van der Waals surface area contributed by atoms with E-state index in [9.17, 15) is 13.2 Å². The van der Waals surface area contributed by atoms with Crippen LogP contribution >= 0.6 is 0 Å². The molecule has 3 rings (SSSR count). The second-order valence-electron chi connectivity index (χ2n) is 6.59. The number of aryl methyl sites for hydroxylation is 1. The number of aldehydes is 1. The fourth-order valence-corrected chi connectivity index (χ4v) is 5.01. The minimum atomic E-state index is -3.63. The van der Waals surface area contributed by atoms with Gasteiger partial charge in [-0.05, 0) is 37.1 Å². The standard InChI is InChI=1S/C20H23NO3S/c1-3-4-6-16-13-21(19-8-5-7-17(14-22)20(16)19)25(23,24)18-11-9-15(2)10-12-18/h5,7-12,14,16H,3-4,6,13H2,1-2H3/t16-/m0/s1. The molecule has 0 radical (unpaired) electrons. The predicted octanol–water partition coefficient (Wildman–Crippen LogP) is 4.29. The number of carbonyl (C=O) groups is 1. The Labute approximate surface area is 149 Å². The van der Waals surface area contributed by atoms with Crippen LogP contribution in [0.4, 0.5) is 5.69 Å². The van der Waals surface area contributed by atoms with E-state index in [1.165, 1.54) is 4.31 Å². The number of hydrogen-bond donors (Lipinski definition) is 0. The van der Waals surface area contributed by atoms with E-state index in [0.29, 0.717) is 17.8 Å². The lowest BCUT2D eigenvalue weighted by Gasteiger charge is -2.20. The first-order chi connectivity index (χ1) is 12.0. The third kappa shape index (κ3) is 3.21. The molecule has 1 aliphatic heterocycles. The van der Waals surface area contributed by atoms with E-state index in [2.05, 4.69) is 6.92 Å². The Morgan fingerprint density at radius 2 is 1.88 bits per heavy atom. The first-order valence-electron chi connectivity index (χ1n) is 8.66. The van der Waals surface area contributed by atoms with Gasteiger partial charge in [-0.3, -0.25) is 9.10 Å².